The van der Waals surface area contributed by atoms with E-state index < -0.39 is 23.7 Å². The van der Waals surface area contributed by atoms with Gasteiger partial charge in [-0.2, -0.15) is 0 Å². The second-order valence-electron chi connectivity index (χ2n) is 7.69. The van der Waals surface area contributed by atoms with Crippen LogP contribution in [0.4, 0.5) is 0 Å². The Balaban J connectivity index is 1.74. The second kappa shape index (κ2) is 4.70. The first-order valence-electron chi connectivity index (χ1n) is 8.29. The minimum atomic E-state index is -1.03. The summed E-state index contributed by atoms with van der Waals surface area (Å²) in [6.07, 6.45) is 0.894. The van der Waals surface area contributed by atoms with Crippen LogP contribution in [0.25, 0.3) is 0 Å². The lowest BCUT2D eigenvalue weighted by Gasteiger charge is -2.50. The number of aromatic hydroxyl groups is 1. The van der Waals surface area contributed by atoms with Gasteiger partial charge in [-0.25, -0.2) is 0 Å². The third-order valence-corrected chi connectivity index (χ3v) is 6.72. The summed E-state index contributed by atoms with van der Waals surface area (Å²) in [5.74, 6) is 0.898. The number of aliphatic hydroxyl groups excluding tert-OH is 3. The Bertz CT molecular complexity index is 601. The Kier molecular flexibility index (Phi) is 3.09. The van der Waals surface area contributed by atoms with E-state index in [9.17, 15) is 20.4 Å². The zero-order chi connectivity index (χ0) is 15.6. The smallest absolute Gasteiger partial charge is 0.115 e. The van der Waals surface area contributed by atoms with Crippen LogP contribution in [-0.4, -0.2) is 38.7 Å². The van der Waals surface area contributed by atoms with Crippen molar-refractivity contribution in [1.29, 1.82) is 0 Å². The Morgan fingerprint density at radius 2 is 1.86 bits per heavy atom. The number of benzene rings is 1. The normalized spacial score (nSPS) is 46.7. The molecule has 0 saturated heterocycles. The number of hydrogen-bond donors (Lipinski definition) is 4. The van der Waals surface area contributed by atoms with Crippen molar-refractivity contribution in [3.05, 3.63) is 29.3 Å². The van der Waals surface area contributed by atoms with E-state index in [-0.39, 0.29) is 11.8 Å². The molecule has 0 bridgehead atoms. The van der Waals surface area contributed by atoms with Crippen LogP contribution < -0.4 is 0 Å². The largest absolute Gasteiger partial charge is 0.508 e. The molecule has 0 heterocycles. The van der Waals surface area contributed by atoms with Gasteiger partial charge in [0, 0.05) is 5.41 Å². The monoisotopic (exact) mass is 304 g/mol. The highest BCUT2D eigenvalue weighted by atomic mass is 16.4. The zero-order valence-electron chi connectivity index (χ0n) is 12.8. The lowest BCUT2D eigenvalue weighted by atomic mass is 9.55. The fourth-order valence-corrected chi connectivity index (χ4v) is 5.62. The molecule has 4 rings (SSSR count). The van der Waals surface area contributed by atoms with Crippen LogP contribution in [0.3, 0.4) is 0 Å². The van der Waals surface area contributed by atoms with Crippen LogP contribution in [0.1, 0.15) is 43.2 Å². The quantitative estimate of drug-likeness (QED) is 0.586. The molecular formula is C18H24O4. The molecule has 0 aliphatic heterocycles. The topological polar surface area (TPSA) is 80.9 Å². The van der Waals surface area contributed by atoms with Crippen molar-refractivity contribution in [2.75, 3.05) is 0 Å². The Hall–Kier alpha value is -1.10. The van der Waals surface area contributed by atoms with Crippen molar-refractivity contribution >= 4 is 0 Å². The Labute approximate surface area is 130 Å². The highest BCUT2D eigenvalue weighted by Gasteiger charge is 2.62. The highest BCUT2D eigenvalue weighted by Crippen LogP contribution is 2.60. The number of aliphatic hydroxyl groups is 3. The summed E-state index contributed by atoms with van der Waals surface area (Å²) in [5, 5.41) is 40.7. The SMILES string of the molecule is CC12CC[C@@H]3c4ccc(O)cc4CC[C@H]3[C@@H]1[C@@H](O)[C@@H](O)[C@@H]2O. The van der Waals surface area contributed by atoms with Gasteiger partial charge in [-0.05, 0) is 66.7 Å². The van der Waals surface area contributed by atoms with Crippen LogP contribution in [0.2, 0.25) is 0 Å². The predicted molar refractivity (Wildman–Crippen MR) is 81.5 cm³/mol. The molecule has 3 aliphatic carbocycles. The van der Waals surface area contributed by atoms with E-state index in [1.165, 1.54) is 11.1 Å². The van der Waals surface area contributed by atoms with E-state index in [0.717, 1.165) is 25.7 Å². The van der Waals surface area contributed by atoms with E-state index >= 15 is 0 Å². The number of rotatable bonds is 0. The molecule has 4 heteroatoms. The lowest BCUT2D eigenvalue weighted by molar-refractivity contribution is -0.0505. The van der Waals surface area contributed by atoms with Crippen LogP contribution in [0, 0.1) is 17.3 Å². The standard InChI is InChI=1S/C18H24O4/c1-18-7-6-12-11-5-3-10(19)8-9(11)2-4-13(12)14(18)15(20)16(21)17(18)22/h3,5,8,12-17,19-22H,2,4,6-7H2,1H3/t12-,13-,14-,15-,16-,17+,18?/m1/s1. The molecule has 1 aromatic carbocycles. The van der Waals surface area contributed by atoms with Crippen molar-refractivity contribution < 1.29 is 20.4 Å². The molecule has 0 amide bonds. The first kappa shape index (κ1) is 14.5. The molecule has 1 unspecified atom stereocenters. The molecule has 2 saturated carbocycles. The molecule has 22 heavy (non-hydrogen) atoms. The number of aryl methyl sites for hydroxylation is 1. The first-order valence-corrected chi connectivity index (χ1v) is 8.29. The molecule has 0 aromatic heterocycles. The fourth-order valence-electron chi connectivity index (χ4n) is 5.62. The molecule has 3 aliphatic rings. The fraction of sp³-hybridized carbons (Fsp3) is 0.667. The maximum absolute atomic E-state index is 10.5. The highest BCUT2D eigenvalue weighted by molar-refractivity contribution is 5.40. The van der Waals surface area contributed by atoms with Gasteiger partial charge in [0.05, 0.1) is 12.2 Å². The molecule has 4 nitrogen and oxygen atoms in total. The third-order valence-electron chi connectivity index (χ3n) is 6.72. The number of phenols is 1. The zero-order valence-corrected chi connectivity index (χ0v) is 12.8. The summed E-state index contributed by atoms with van der Waals surface area (Å²) in [7, 11) is 0. The lowest BCUT2D eigenvalue weighted by Crippen LogP contribution is -2.46. The van der Waals surface area contributed by atoms with Crippen LogP contribution in [-0.2, 0) is 6.42 Å². The van der Waals surface area contributed by atoms with Crippen LogP contribution in [0.5, 0.6) is 5.75 Å². The van der Waals surface area contributed by atoms with Gasteiger partial charge in [-0.3, -0.25) is 0 Å². The van der Waals surface area contributed by atoms with E-state index in [4.69, 9.17) is 0 Å². The molecule has 1 aromatic rings. The summed E-state index contributed by atoms with van der Waals surface area (Å²) < 4.78 is 0. The summed E-state index contributed by atoms with van der Waals surface area (Å²) in [5.41, 5.74) is 2.09. The average Bonchev–Trinajstić information content (AvgIpc) is 2.68. The number of phenolic OH excluding ortho intramolecular Hbond substituents is 1. The van der Waals surface area contributed by atoms with E-state index in [0.29, 0.717) is 11.7 Å². The third kappa shape index (κ3) is 1.75. The molecule has 0 spiro atoms. The summed E-state index contributed by atoms with van der Waals surface area (Å²) in [4.78, 5) is 0. The molecule has 0 radical (unpaired) electrons. The van der Waals surface area contributed by atoms with Crippen molar-refractivity contribution in [3.63, 3.8) is 0 Å². The van der Waals surface area contributed by atoms with Gasteiger partial charge in [-0.1, -0.05) is 13.0 Å². The minimum Gasteiger partial charge on any atom is -0.508 e. The van der Waals surface area contributed by atoms with Crippen molar-refractivity contribution in [1.82, 2.24) is 0 Å². The maximum Gasteiger partial charge on any atom is 0.115 e. The van der Waals surface area contributed by atoms with Gasteiger partial charge in [0.1, 0.15) is 11.9 Å². The van der Waals surface area contributed by atoms with E-state index in [1.54, 1.807) is 6.07 Å². The van der Waals surface area contributed by atoms with E-state index in [2.05, 4.69) is 0 Å². The maximum atomic E-state index is 10.5. The summed E-state index contributed by atoms with van der Waals surface area (Å²) in [6, 6.07) is 5.61. The molecule has 7 atom stereocenters. The summed E-state index contributed by atoms with van der Waals surface area (Å²) >= 11 is 0. The Morgan fingerprint density at radius 1 is 1.09 bits per heavy atom. The van der Waals surface area contributed by atoms with Gasteiger partial charge in [0.2, 0.25) is 0 Å². The van der Waals surface area contributed by atoms with E-state index in [1.807, 2.05) is 19.1 Å². The number of fused-ring (bicyclic) bond motifs is 5. The van der Waals surface area contributed by atoms with Crippen molar-refractivity contribution in [2.24, 2.45) is 17.3 Å². The molecular weight excluding hydrogens is 280 g/mol. The second-order valence-corrected chi connectivity index (χ2v) is 7.69. The minimum absolute atomic E-state index is 0.0572. The van der Waals surface area contributed by atoms with Gasteiger partial charge in [0.25, 0.3) is 0 Å². The van der Waals surface area contributed by atoms with Gasteiger partial charge >= 0.3 is 0 Å². The average molecular weight is 304 g/mol. The predicted octanol–water partition coefficient (Wildman–Crippen LogP) is 1.55. The molecule has 120 valence electrons. The summed E-state index contributed by atoms with van der Waals surface area (Å²) in [6.45, 7) is 2.02. The van der Waals surface area contributed by atoms with Crippen LogP contribution in [0.15, 0.2) is 18.2 Å². The molecule has 2 fully saturated rings. The van der Waals surface area contributed by atoms with Crippen molar-refractivity contribution in [3.8, 4) is 5.75 Å². The number of hydrogen-bond acceptors (Lipinski definition) is 4. The van der Waals surface area contributed by atoms with Gasteiger partial charge in [0.15, 0.2) is 0 Å². The Morgan fingerprint density at radius 3 is 2.64 bits per heavy atom. The van der Waals surface area contributed by atoms with Crippen LogP contribution >= 0.6 is 0 Å². The molecule has 4 N–H and O–H groups in total. The van der Waals surface area contributed by atoms with Gasteiger partial charge in [-0.15, -0.1) is 0 Å². The van der Waals surface area contributed by atoms with Crippen molar-refractivity contribution in [2.45, 2.75) is 56.8 Å². The van der Waals surface area contributed by atoms with Gasteiger partial charge < -0.3 is 20.4 Å². The first-order chi connectivity index (χ1) is 10.4.